The lowest BCUT2D eigenvalue weighted by Gasteiger charge is -2.29. The number of fused-ring (bicyclic) bond motifs is 2. The highest BCUT2D eigenvalue weighted by Gasteiger charge is 2.23. The predicted molar refractivity (Wildman–Crippen MR) is 115 cm³/mol. The number of benzene rings is 1. The third-order valence-electron chi connectivity index (χ3n) is 5.38. The number of anilines is 2. The summed E-state index contributed by atoms with van der Waals surface area (Å²) < 4.78 is 2.11. The molecule has 5 rings (SSSR count). The quantitative estimate of drug-likeness (QED) is 0.551. The summed E-state index contributed by atoms with van der Waals surface area (Å²) in [6.45, 7) is 4.04. The van der Waals surface area contributed by atoms with Crippen LogP contribution in [0.3, 0.4) is 0 Å². The van der Waals surface area contributed by atoms with E-state index in [4.69, 9.17) is 0 Å². The average Bonchev–Trinajstić information content (AvgIpc) is 3.22. The molecule has 30 heavy (non-hydrogen) atoms. The smallest absolute Gasteiger partial charge is 0.259 e. The molecule has 4 aromatic rings. The van der Waals surface area contributed by atoms with E-state index in [2.05, 4.69) is 29.7 Å². The summed E-state index contributed by atoms with van der Waals surface area (Å²) in [4.78, 5) is 38.5. The van der Waals surface area contributed by atoms with Crippen LogP contribution in [0, 0.1) is 6.92 Å². The van der Waals surface area contributed by atoms with Crippen molar-refractivity contribution >= 4 is 28.3 Å². The second-order valence-corrected chi connectivity index (χ2v) is 7.36. The fraction of sp³-hybridized carbons (Fsp3) is 0.182. The highest BCUT2D eigenvalue weighted by molar-refractivity contribution is 6.08. The van der Waals surface area contributed by atoms with E-state index in [1.54, 1.807) is 42.7 Å². The molecule has 0 radical (unpaired) electrons. The van der Waals surface area contributed by atoms with E-state index in [0.717, 1.165) is 35.4 Å². The molecule has 8 nitrogen and oxygen atoms in total. The second-order valence-electron chi connectivity index (χ2n) is 7.36. The molecular weight excluding hydrogens is 380 g/mol. The maximum Gasteiger partial charge on any atom is 0.259 e. The van der Waals surface area contributed by atoms with Gasteiger partial charge in [-0.05, 0) is 42.8 Å². The molecule has 0 unspecified atom stereocenters. The molecule has 0 saturated carbocycles. The molecule has 0 fully saturated rings. The van der Waals surface area contributed by atoms with E-state index < -0.39 is 0 Å². The molecule has 4 heterocycles. The van der Waals surface area contributed by atoms with Gasteiger partial charge in [-0.25, -0.2) is 9.97 Å². The molecule has 0 spiro atoms. The summed E-state index contributed by atoms with van der Waals surface area (Å²) in [7, 11) is 0. The zero-order valence-electron chi connectivity index (χ0n) is 16.4. The first-order valence-corrected chi connectivity index (χ1v) is 9.73. The molecule has 0 bridgehead atoms. The Morgan fingerprint density at radius 3 is 2.93 bits per heavy atom. The van der Waals surface area contributed by atoms with Crippen molar-refractivity contribution in [1.29, 1.82) is 0 Å². The average molecular weight is 400 g/mol. The number of amides is 1. The summed E-state index contributed by atoms with van der Waals surface area (Å²) in [5.74, 6) is 1.37. The van der Waals surface area contributed by atoms with Crippen molar-refractivity contribution in [2.45, 2.75) is 20.0 Å². The monoisotopic (exact) mass is 400 g/mol. The topological polar surface area (TPSA) is 95.9 Å². The molecule has 1 amide bonds. The number of H-pyrrole nitrogens is 1. The Kier molecular flexibility index (Phi) is 4.31. The van der Waals surface area contributed by atoms with Crippen LogP contribution in [0.1, 0.15) is 21.7 Å². The standard InChI is InChI=1S/C22H20N6O2/c1-14-11-20(29)26-18-5-4-15(12-17(14)18)25-22(30)16-3-2-6-24-21(16)28-10-9-27-8-7-23-19(27)13-28/h2-8,11-12H,9-10,13H2,1H3,(H,25,30)(H,26,29). The van der Waals surface area contributed by atoms with Crippen LogP contribution in [0.2, 0.25) is 0 Å². The van der Waals surface area contributed by atoms with Crippen molar-refractivity contribution in [2.24, 2.45) is 0 Å². The highest BCUT2D eigenvalue weighted by Crippen LogP contribution is 2.24. The van der Waals surface area contributed by atoms with Crippen LogP contribution in [0.25, 0.3) is 10.9 Å². The van der Waals surface area contributed by atoms with Crippen LogP contribution in [0.5, 0.6) is 0 Å². The minimum absolute atomic E-state index is 0.140. The van der Waals surface area contributed by atoms with Crippen molar-refractivity contribution in [3.8, 4) is 0 Å². The Morgan fingerprint density at radius 2 is 2.03 bits per heavy atom. The number of aryl methyl sites for hydroxylation is 1. The number of nitrogens with one attached hydrogen (secondary N) is 2. The SMILES string of the molecule is Cc1cc(=O)[nH]c2ccc(NC(=O)c3cccnc3N3CCn4ccnc4C3)cc12. The second kappa shape index (κ2) is 7.14. The molecular formula is C22H20N6O2. The van der Waals surface area contributed by atoms with Crippen molar-refractivity contribution in [1.82, 2.24) is 19.5 Å². The van der Waals surface area contributed by atoms with Gasteiger partial charge in [0.15, 0.2) is 0 Å². The molecule has 0 atom stereocenters. The third kappa shape index (κ3) is 3.22. The van der Waals surface area contributed by atoms with Gasteiger partial charge >= 0.3 is 0 Å². The summed E-state index contributed by atoms with van der Waals surface area (Å²) in [6, 6.07) is 10.5. The lowest BCUT2D eigenvalue weighted by atomic mass is 10.1. The maximum atomic E-state index is 13.1. The van der Waals surface area contributed by atoms with Crippen molar-refractivity contribution < 1.29 is 4.79 Å². The molecule has 1 aromatic carbocycles. The summed E-state index contributed by atoms with van der Waals surface area (Å²) in [5.41, 5.74) is 2.63. The number of carbonyl (C=O) groups is 1. The fourth-order valence-electron chi connectivity index (χ4n) is 3.88. The number of aromatic nitrogens is 4. The van der Waals surface area contributed by atoms with Crippen LogP contribution in [-0.2, 0) is 13.1 Å². The number of rotatable bonds is 3. The molecule has 150 valence electrons. The largest absolute Gasteiger partial charge is 0.347 e. The lowest BCUT2D eigenvalue weighted by molar-refractivity contribution is 0.102. The van der Waals surface area contributed by atoms with Crippen molar-refractivity contribution in [3.63, 3.8) is 0 Å². The number of hydrogen-bond donors (Lipinski definition) is 2. The Balaban J connectivity index is 1.44. The third-order valence-corrected chi connectivity index (χ3v) is 5.38. The van der Waals surface area contributed by atoms with Gasteiger partial charge in [-0.2, -0.15) is 0 Å². The molecule has 1 aliphatic rings. The van der Waals surface area contributed by atoms with Gasteiger partial charge in [0.05, 0.1) is 12.1 Å². The van der Waals surface area contributed by atoms with Gasteiger partial charge in [0.25, 0.3) is 5.91 Å². The molecule has 8 heteroatoms. The van der Waals surface area contributed by atoms with Crippen LogP contribution >= 0.6 is 0 Å². The minimum atomic E-state index is -0.228. The van der Waals surface area contributed by atoms with E-state index in [9.17, 15) is 9.59 Å². The Bertz CT molecular complexity index is 1320. The van der Waals surface area contributed by atoms with Gasteiger partial charge in [0.1, 0.15) is 11.6 Å². The lowest BCUT2D eigenvalue weighted by Crippen LogP contribution is -2.35. The number of pyridine rings is 2. The Morgan fingerprint density at radius 1 is 1.13 bits per heavy atom. The van der Waals surface area contributed by atoms with Crippen LogP contribution in [-0.4, -0.2) is 32.0 Å². The molecule has 0 aliphatic carbocycles. The Labute approximate surface area is 172 Å². The van der Waals surface area contributed by atoms with Crippen LogP contribution in [0.4, 0.5) is 11.5 Å². The van der Waals surface area contributed by atoms with Crippen molar-refractivity contribution in [2.75, 3.05) is 16.8 Å². The summed E-state index contributed by atoms with van der Waals surface area (Å²) >= 11 is 0. The number of aromatic amines is 1. The first-order chi connectivity index (χ1) is 14.6. The predicted octanol–water partition coefficient (Wildman–Crippen LogP) is 2.70. The first-order valence-electron chi connectivity index (χ1n) is 9.73. The van der Waals surface area contributed by atoms with Crippen molar-refractivity contribution in [3.05, 3.63) is 82.3 Å². The van der Waals surface area contributed by atoms with E-state index in [1.165, 1.54) is 0 Å². The van der Waals surface area contributed by atoms with E-state index in [-0.39, 0.29) is 11.5 Å². The number of hydrogen-bond acceptors (Lipinski definition) is 5. The molecule has 1 aliphatic heterocycles. The number of carbonyl (C=O) groups excluding carboxylic acids is 1. The van der Waals surface area contributed by atoms with E-state index in [0.29, 0.717) is 23.6 Å². The zero-order valence-corrected chi connectivity index (χ0v) is 16.4. The minimum Gasteiger partial charge on any atom is -0.347 e. The fourth-order valence-corrected chi connectivity index (χ4v) is 3.88. The van der Waals surface area contributed by atoms with Gasteiger partial charge in [0, 0.05) is 54.3 Å². The van der Waals surface area contributed by atoms with Crippen LogP contribution in [0.15, 0.2) is 59.8 Å². The van der Waals surface area contributed by atoms with Gasteiger partial charge in [-0.15, -0.1) is 0 Å². The summed E-state index contributed by atoms with van der Waals surface area (Å²) in [5, 5.41) is 3.86. The van der Waals surface area contributed by atoms with E-state index >= 15 is 0 Å². The van der Waals surface area contributed by atoms with Gasteiger partial charge in [-0.1, -0.05) is 0 Å². The van der Waals surface area contributed by atoms with Gasteiger partial charge in [0.2, 0.25) is 5.56 Å². The van der Waals surface area contributed by atoms with E-state index in [1.807, 2.05) is 19.2 Å². The molecule has 3 aromatic heterocycles. The Hall–Kier alpha value is -3.94. The first kappa shape index (κ1) is 18.1. The maximum absolute atomic E-state index is 13.1. The number of nitrogens with zero attached hydrogens (tertiary/aromatic N) is 4. The summed E-state index contributed by atoms with van der Waals surface area (Å²) in [6.07, 6.45) is 5.45. The number of imidazole rings is 1. The highest BCUT2D eigenvalue weighted by atomic mass is 16.1. The zero-order chi connectivity index (χ0) is 20.7. The molecule has 0 saturated heterocycles. The normalized spacial score (nSPS) is 13.3. The molecule has 2 N–H and O–H groups in total. The van der Waals surface area contributed by atoms with Gasteiger partial charge < -0.3 is 19.8 Å². The van der Waals surface area contributed by atoms with Crippen LogP contribution < -0.4 is 15.8 Å². The van der Waals surface area contributed by atoms with Gasteiger partial charge in [-0.3, -0.25) is 9.59 Å².